The summed E-state index contributed by atoms with van der Waals surface area (Å²) in [6, 6.07) is 3.20. The number of hydrogen-bond donors (Lipinski definition) is 2. The number of benzene rings is 1. The molecule has 0 aromatic heterocycles. The largest absolute Gasteiger partial charge is 0.485 e. The first kappa shape index (κ1) is 17.9. The number of hydrogen-bond acceptors (Lipinski definition) is 5. The molecule has 21 heavy (non-hydrogen) atoms. The fourth-order valence-electron chi connectivity index (χ4n) is 1.80. The summed E-state index contributed by atoms with van der Waals surface area (Å²) >= 11 is 5.99. The summed E-state index contributed by atoms with van der Waals surface area (Å²) in [6.07, 6.45) is 1.09. The lowest BCUT2D eigenvalue weighted by atomic mass is 10.2. The minimum Gasteiger partial charge on any atom is -0.485 e. The molecule has 118 valence electrons. The first-order valence-electron chi connectivity index (χ1n) is 6.03. The minimum atomic E-state index is -3.36. The van der Waals surface area contributed by atoms with Crippen molar-refractivity contribution in [3.63, 3.8) is 0 Å². The van der Waals surface area contributed by atoms with Crippen molar-refractivity contribution in [1.82, 2.24) is 5.32 Å². The molecule has 0 atom stereocenters. The van der Waals surface area contributed by atoms with Crippen molar-refractivity contribution in [2.24, 2.45) is 4.99 Å². The zero-order valence-corrected chi connectivity index (χ0v) is 14.0. The average Bonchev–Trinajstić information content (AvgIpc) is 2.82. The minimum absolute atomic E-state index is 0. The Morgan fingerprint density at radius 2 is 2.19 bits per heavy atom. The smallest absolute Gasteiger partial charge is 0.229 e. The third-order valence-corrected chi connectivity index (χ3v) is 3.54. The van der Waals surface area contributed by atoms with E-state index in [1.165, 1.54) is 0 Å². The molecule has 1 aromatic carbocycles. The second kappa shape index (κ2) is 7.20. The molecule has 6 nitrogen and oxygen atoms in total. The molecule has 1 aliphatic rings. The monoisotopic (exact) mass is 353 g/mol. The van der Waals surface area contributed by atoms with Gasteiger partial charge >= 0.3 is 0 Å². The Morgan fingerprint density at radius 1 is 1.48 bits per heavy atom. The van der Waals surface area contributed by atoms with Crippen LogP contribution in [0.4, 0.5) is 5.69 Å². The zero-order valence-electron chi connectivity index (χ0n) is 11.6. The molecular weight excluding hydrogens is 337 g/mol. The topological polar surface area (TPSA) is 79.8 Å². The normalized spacial score (nSPS) is 14.0. The van der Waals surface area contributed by atoms with E-state index in [9.17, 15) is 8.42 Å². The van der Waals surface area contributed by atoms with Gasteiger partial charge in [-0.2, -0.15) is 0 Å². The third kappa shape index (κ3) is 5.26. The lowest BCUT2D eigenvalue weighted by molar-refractivity contribution is 0.371. The SMILES string of the molecule is Cc1c(NS(C)(=O)=O)cc(Cl)cc1OCC1=NCCN1.Cl. The van der Waals surface area contributed by atoms with Crippen LogP contribution in [-0.2, 0) is 10.0 Å². The molecule has 0 aliphatic carbocycles. The number of nitrogens with one attached hydrogen (secondary N) is 2. The zero-order chi connectivity index (χ0) is 14.8. The van der Waals surface area contributed by atoms with E-state index in [1.54, 1.807) is 19.1 Å². The summed E-state index contributed by atoms with van der Waals surface area (Å²) in [4.78, 5) is 4.22. The standard InChI is InChI=1S/C12H16ClN3O3S.ClH/c1-8-10(16-20(2,17)18)5-9(13)6-11(8)19-7-12-14-3-4-15-12;/h5-6,16H,3-4,7H2,1-2H3,(H,14,15);1H. The van der Waals surface area contributed by atoms with Crippen molar-refractivity contribution in [1.29, 1.82) is 0 Å². The predicted molar refractivity (Wildman–Crippen MR) is 87.7 cm³/mol. The quantitative estimate of drug-likeness (QED) is 0.845. The molecule has 1 heterocycles. The van der Waals surface area contributed by atoms with Gasteiger partial charge in [0.1, 0.15) is 18.2 Å². The maximum atomic E-state index is 11.3. The van der Waals surface area contributed by atoms with E-state index in [1.807, 2.05) is 0 Å². The average molecular weight is 354 g/mol. The summed E-state index contributed by atoms with van der Waals surface area (Å²) in [5.41, 5.74) is 1.09. The van der Waals surface area contributed by atoms with Crippen LogP contribution < -0.4 is 14.8 Å². The highest BCUT2D eigenvalue weighted by atomic mass is 35.5. The van der Waals surface area contributed by atoms with Crippen LogP contribution >= 0.6 is 24.0 Å². The molecule has 0 bridgehead atoms. The summed E-state index contributed by atoms with van der Waals surface area (Å²) in [5, 5.41) is 3.50. The summed E-state index contributed by atoms with van der Waals surface area (Å²) in [7, 11) is -3.36. The fraction of sp³-hybridized carbons (Fsp3) is 0.417. The number of ether oxygens (including phenoxy) is 1. The molecule has 0 fully saturated rings. The maximum absolute atomic E-state index is 11.3. The highest BCUT2D eigenvalue weighted by Crippen LogP contribution is 2.31. The fourth-order valence-corrected chi connectivity index (χ4v) is 2.62. The molecule has 0 saturated heterocycles. The van der Waals surface area contributed by atoms with Crippen molar-refractivity contribution in [3.8, 4) is 5.75 Å². The van der Waals surface area contributed by atoms with Crippen molar-refractivity contribution >= 4 is 45.6 Å². The molecular formula is C12H17Cl2N3O3S. The number of amidine groups is 1. The van der Waals surface area contributed by atoms with E-state index in [4.69, 9.17) is 16.3 Å². The molecule has 0 amide bonds. The van der Waals surface area contributed by atoms with Crippen LogP contribution in [0.3, 0.4) is 0 Å². The van der Waals surface area contributed by atoms with Gasteiger partial charge in [-0.1, -0.05) is 11.6 Å². The van der Waals surface area contributed by atoms with Crippen molar-refractivity contribution in [2.75, 3.05) is 30.7 Å². The molecule has 1 aliphatic heterocycles. The highest BCUT2D eigenvalue weighted by Gasteiger charge is 2.13. The van der Waals surface area contributed by atoms with Crippen LogP contribution in [0.1, 0.15) is 5.56 Å². The van der Waals surface area contributed by atoms with Crippen molar-refractivity contribution in [3.05, 3.63) is 22.7 Å². The van der Waals surface area contributed by atoms with Gasteiger partial charge in [0, 0.05) is 17.1 Å². The molecule has 9 heteroatoms. The van der Waals surface area contributed by atoms with E-state index in [0.29, 0.717) is 28.6 Å². The number of nitrogens with zero attached hydrogens (tertiary/aromatic N) is 1. The van der Waals surface area contributed by atoms with Gasteiger partial charge in [0.25, 0.3) is 0 Å². The van der Waals surface area contributed by atoms with Crippen LogP contribution in [0.25, 0.3) is 0 Å². The second-order valence-corrected chi connectivity index (χ2v) is 6.68. The molecule has 0 radical (unpaired) electrons. The molecule has 0 spiro atoms. The van der Waals surface area contributed by atoms with E-state index >= 15 is 0 Å². The van der Waals surface area contributed by atoms with E-state index in [0.717, 1.165) is 25.2 Å². The lowest BCUT2D eigenvalue weighted by Crippen LogP contribution is -2.25. The van der Waals surface area contributed by atoms with Gasteiger partial charge in [0.15, 0.2) is 0 Å². The first-order chi connectivity index (χ1) is 9.35. The summed E-state index contributed by atoms with van der Waals surface area (Å²) < 4.78 is 30.7. The van der Waals surface area contributed by atoms with Gasteiger partial charge in [-0.15, -0.1) is 12.4 Å². The van der Waals surface area contributed by atoms with Gasteiger partial charge in [-0.3, -0.25) is 9.71 Å². The van der Waals surface area contributed by atoms with Crippen LogP contribution in [-0.4, -0.2) is 40.2 Å². The van der Waals surface area contributed by atoms with Gasteiger partial charge in [0.2, 0.25) is 10.0 Å². The number of rotatable bonds is 5. The van der Waals surface area contributed by atoms with Gasteiger partial charge < -0.3 is 10.1 Å². The Balaban J connectivity index is 0.00000220. The number of anilines is 1. The molecule has 2 N–H and O–H groups in total. The lowest BCUT2D eigenvalue weighted by Gasteiger charge is -2.14. The van der Waals surface area contributed by atoms with Crippen molar-refractivity contribution < 1.29 is 13.2 Å². The summed E-state index contributed by atoms with van der Waals surface area (Å²) in [5.74, 6) is 1.31. The van der Waals surface area contributed by atoms with Crippen molar-refractivity contribution in [2.45, 2.75) is 6.92 Å². The van der Waals surface area contributed by atoms with Crippen LogP contribution in [0.5, 0.6) is 5.75 Å². The predicted octanol–water partition coefficient (Wildman–Crippen LogP) is 1.82. The molecule has 0 saturated carbocycles. The van der Waals surface area contributed by atoms with Gasteiger partial charge in [0.05, 0.1) is 18.5 Å². The van der Waals surface area contributed by atoms with E-state index in [2.05, 4.69) is 15.0 Å². The maximum Gasteiger partial charge on any atom is 0.229 e. The Morgan fingerprint density at radius 3 is 2.76 bits per heavy atom. The highest BCUT2D eigenvalue weighted by molar-refractivity contribution is 7.92. The Hall–Kier alpha value is -1.18. The second-order valence-electron chi connectivity index (χ2n) is 4.49. The van der Waals surface area contributed by atoms with Gasteiger partial charge in [-0.05, 0) is 19.1 Å². The molecule has 2 rings (SSSR count). The van der Waals surface area contributed by atoms with Crippen LogP contribution in [0, 0.1) is 6.92 Å². The molecule has 1 aromatic rings. The Kier molecular flexibility index (Phi) is 6.12. The number of aliphatic imine (C=N–C) groups is 1. The number of halogens is 2. The van der Waals surface area contributed by atoms with E-state index in [-0.39, 0.29) is 12.4 Å². The molecule has 0 unspecified atom stereocenters. The van der Waals surface area contributed by atoms with Crippen LogP contribution in [0.2, 0.25) is 5.02 Å². The summed E-state index contributed by atoms with van der Waals surface area (Å²) in [6.45, 7) is 3.63. The number of sulfonamides is 1. The Labute approximate surface area is 135 Å². The van der Waals surface area contributed by atoms with Crippen LogP contribution in [0.15, 0.2) is 17.1 Å². The Bertz CT molecular complexity index is 647. The van der Waals surface area contributed by atoms with E-state index < -0.39 is 10.0 Å². The first-order valence-corrected chi connectivity index (χ1v) is 8.30. The van der Waals surface area contributed by atoms with Gasteiger partial charge in [-0.25, -0.2) is 8.42 Å². The third-order valence-electron chi connectivity index (χ3n) is 2.73.